The third kappa shape index (κ3) is 8.28. The van der Waals surface area contributed by atoms with E-state index in [0.717, 1.165) is 68.9 Å². The highest BCUT2D eigenvalue weighted by molar-refractivity contribution is 6.05. The van der Waals surface area contributed by atoms with Gasteiger partial charge in [-0.3, -0.25) is 29.4 Å². The van der Waals surface area contributed by atoms with Gasteiger partial charge in [0, 0.05) is 55.1 Å². The zero-order valence-electron chi connectivity index (χ0n) is 29.8. The van der Waals surface area contributed by atoms with E-state index in [2.05, 4.69) is 33.0 Å². The Labute approximate surface area is 303 Å². The first kappa shape index (κ1) is 35.2. The number of likely N-dealkylation sites (tertiary alicyclic amines) is 2. The molecule has 4 aromatic rings. The molecule has 1 atom stereocenters. The number of aromatic nitrogens is 2. The number of carbonyl (C=O) groups excluding carboxylic acids is 4. The number of fused-ring (bicyclic) bond motifs is 1. The molecule has 0 spiro atoms. The number of piperidine rings is 3. The van der Waals surface area contributed by atoms with Gasteiger partial charge in [0.05, 0.1) is 18.3 Å². The highest BCUT2D eigenvalue weighted by atomic mass is 16.5. The smallest absolute Gasteiger partial charge is 0.255 e. The van der Waals surface area contributed by atoms with Crippen LogP contribution in [-0.4, -0.2) is 87.7 Å². The number of pyridine rings is 1. The third-order valence-electron chi connectivity index (χ3n) is 10.4. The van der Waals surface area contributed by atoms with Crippen LogP contribution in [0.25, 0.3) is 5.65 Å². The average molecular weight is 706 g/mol. The Morgan fingerprint density at radius 1 is 0.904 bits per heavy atom. The van der Waals surface area contributed by atoms with Crippen LogP contribution in [0.4, 0.5) is 11.4 Å². The van der Waals surface area contributed by atoms with E-state index in [1.165, 1.54) is 5.56 Å². The summed E-state index contributed by atoms with van der Waals surface area (Å²) in [4.78, 5) is 59.0. The normalized spacial score (nSPS) is 19.1. The molecule has 52 heavy (non-hydrogen) atoms. The number of amides is 4. The average Bonchev–Trinajstić information content (AvgIpc) is 3.56. The minimum Gasteiger partial charge on any atom is -0.489 e. The summed E-state index contributed by atoms with van der Waals surface area (Å²) in [6.45, 7) is 7.50. The predicted molar refractivity (Wildman–Crippen MR) is 199 cm³/mol. The van der Waals surface area contributed by atoms with Crippen LogP contribution >= 0.6 is 0 Å². The minimum absolute atomic E-state index is 0.0715. The molecule has 0 radical (unpaired) electrons. The second kappa shape index (κ2) is 15.6. The molecule has 0 saturated carbocycles. The van der Waals surface area contributed by atoms with E-state index in [0.29, 0.717) is 42.3 Å². The quantitative estimate of drug-likeness (QED) is 0.192. The molecule has 3 saturated heterocycles. The number of hydrogen-bond donors (Lipinski definition) is 3. The molecular weight excluding hydrogens is 658 g/mol. The number of hydrogen-bond acceptors (Lipinski definition) is 8. The summed E-state index contributed by atoms with van der Waals surface area (Å²) < 4.78 is 8.03. The summed E-state index contributed by atoms with van der Waals surface area (Å²) >= 11 is 0. The number of ether oxygens (including phenoxy) is 1. The van der Waals surface area contributed by atoms with Gasteiger partial charge < -0.3 is 24.7 Å². The van der Waals surface area contributed by atoms with E-state index in [-0.39, 0.29) is 35.7 Å². The highest BCUT2D eigenvalue weighted by Crippen LogP contribution is 2.33. The second-order valence-corrected chi connectivity index (χ2v) is 14.4. The maximum atomic E-state index is 13.3. The molecule has 3 N–H and O–H groups in total. The Morgan fingerprint density at radius 2 is 1.62 bits per heavy atom. The van der Waals surface area contributed by atoms with E-state index < -0.39 is 6.04 Å². The van der Waals surface area contributed by atoms with Crippen molar-refractivity contribution in [1.82, 2.24) is 24.5 Å². The number of nitrogens with zero attached hydrogens (tertiary/aromatic N) is 4. The van der Waals surface area contributed by atoms with Crippen LogP contribution < -0.4 is 20.7 Å². The lowest BCUT2D eigenvalue weighted by Gasteiger charge is -2.35. The third-order valence-corrected chi connectivity index (χ3v) is 10.4. The van der Waals surface area contributed by atoms with Crippen molar-refractivity contribution in [3.05, 3.63) is 89.9 Å². The molecule has 4 amide bonds. The van der Waals surface area contributed by atoms with Gasteiger partial charge in [-0.15, -0.1) is 0 Å². The van der Waals surface area contributed by atoms with Gasteiger partial charge in [0.15, 0.2) is 0 Å². The van der Waals surface area contributed by atoms with Gasteiger partial charge in [-0.2, -0.15) is 0 Å². The summed E-state index contributed by atoms with van der Waals surface area (Å²) in [7, 11) is 0. The molecule has 3 aliphatic heterocycles. The van der Waals surface area contributed by atoms with Gasteiger partial charge in [-0.25, -0.2) is 4.98 Å². The number of carbonyl (C=O) groups is 4. The van der Waals surface area contributed by atoms with Gasteiger partial charge in [0.1, 0.15) is 23.1 Å². The minimum atomic E-state index is -0.399. The maximum absolute atomic E-state index is 13.3. The number of anilines is 2. The molecule has 272 valence electrons. The Hall–Kier alpha value is -5.23. The van der Waals surface area contributed by atoms with Crippen LogP contribution in [0.2, 0.25) is 0 Å². The predicted octanol–water partition coefficient (Wildman–Crippen LogP) is 5.18. The van der Waals surface area contributed by atoms with E-state index in [1.54, 1.807) is 12.1 Å². The van der Waals surface area contributed by atoms with Gasteiger partial charge in [0.2, 0.25) is 17.7 Å². The van der Waals surface area contributed by atoms with Crippen molar-refractivity contribution in [3.63, 3.8) is 0 Å². The van der Waals surface area contributed by atoms with Crippen molar-refractivity contribution in [2.75, 3.05) is 43.4 Å². The Morgan fingerprint density at radius 3 is 2.31 bits per heavy atom. The first-order valence-corrected chi connectivity index (χ1v) is 18.4. The molecule has 12 nitrogen and oxygen atoms in total. The molecule has 0 bridgehead atoms. The topological polar surface area (TPSA) is 137 Å². The molecule has 3 aliphatic rings. The van der Waals surface area contributed by atoms with Crippen molar-refractivity contribution in [2.24, 2.45) is 0 Å². The van der Waals surface area contributed by atoms with Crippen LogP contribution in [0, 0.1) is 0 Å². The second-order valence-electron chi connectivity index (χ2n) is 14.4. The van der Waals surface area contributed by atoms with E-state index in [1.807, 2.05) is 71.9 Å². The highest BCUT2D eigenvalue weighted by Gasteiger charge is 2.29. The van der Waals surface area contributed by atoms with E-state index in [4.69, 9.17) is 9.72 Å². The molecule has 2 aromatic carbocycles. The first-order valence-electron chi connectivity index (χ1n) is 18.4. The summed E-state index contributed by atoms with van der Waals surface area (Å²) in [6.07, 6.45) is 8.36. The number of nitrogens with one attached hydrogen (secondary N) is 3. The van der Waals surface area contributed by atoms with Crippen LogP contribution in [-0.2, 0) is 14.4 Å². The Kier molecular flexibility index (Phi) is 10.5. The fourth-order valence-corrected chi connectivity index (χ4v) is 7.49. The van der Waals surface area contributed by atoms with Crippen LogP contribution in [0.5, 0.6) is 5.75 Å². The largest absolute Gasteiger partial charge is 0.489 e. The molecule has 2 aromatic heterocycles. The van der Waals surface area contributed by atoms with Gasteiger partial charge in [-0.1, -0.05) is 30.3 Å². The molecule has 12 heteroatoms. The molecule has 7 rings (SSSR count). The van der Waals surface area contributed by atoms with Gasteiger partial charge >= 0.3 is 0 Å². The van der Waals surface area contributed by atoms with Gasteiger partial charge in [0.25, 0.3) is 5.91 Å². The number of rotatable bonds is 10. The van der Waals surface area contributed by atoms with Crippen molar-refractivity contribution >= 4 is 40.7 Å². The van der Waals surface area contributed by atoms with E-state index >= 15 is 0 Å². The number of imide groups is 1. The maximum Gasteiger partial charge on any atom is 0.255 e. The fraction of sp³-hybridized carbons (Fsp3) is 0.425. The monoisotopic (exact) mass is 705 g/mol. The van der Waals surface area contributed by atoms with Gasteiger partial charge in [-0.05, 0) is 94.8 Å². The Bertz CT molecular complexity index is 1910. The number of benzene rings is 2. The van der Waals surface area contributed by atoms with Crippen molar-refractivity contribution in [2.45, 2.75) is 76.4 Å². The zero-order valence-corrected chi connectivity index (χ0v) is 29.8. The van der Waals surface area contributed by atoms with E-state index in [9.17, 15) is 19.2 Å². The van der Waals surface area contributed by atoms with Crippen molar-refractivity contribution in [1.29, 1.82) is 0 Å². The molecular formula is C40H47N7O5. The molecule has 3 fully saturated rings. The van der Waals surface area contributed by atoms with Crippen molar-refractivity contribution < 1.29 is 23.9 Å². The lowest BCUT2D eigenvalue weighted by Crippen LogP contribution is -2.47. The summed E-state index contributed by atoms with van der Waals surface area (Å²) in [5.74, 6) is 0.747. The standard InChI is InChI=1S/C40H47N7O5/c1-26(2)52-35-22-36-42-33(23-47(36)24-34(35)43-39(50)30-6-4-3-5-7-30)29-14-18-45(19-15-29)25-38(49)46-20-16-28(17-21-46)27-8-10-31(11-9-27)41-32-12-13-37(48)44-40(32)51/h3-11,22-24,26,28-29,32,41H,12-21,25H2,1-2H3,(H,43,50)(H,44,48,51). The lowest BCUT2D eigenvalue weighted by atomic mass is 9.89. The SMILES string of the molecule is CC(C)Oc1cc2nc(C3CCN(CC(=O)N4CCC(c5ccc(NC6CCC(=O)NC6=O)cc5)CC4)CC3)cn2cc1NC(=O)c1ccccc1. The molecule has 5 heterocycles. The van der Waals surface area contributed by atoms with Crippen LogP contribution in [0.1, 0.15) is 85.8 Å². The molecule has 0 aliphatic carbocycles. The fourth-order valence-electron chi connectivity index (χ4n) is 7.49. The summed E-state index contributed by atoms with van der Waals surface area (Å²) in [5.41, 5.74) is 5.05. The summed E-state index contributed by atoms with van der Waals surface area (Å²) in [5, 5.41) is 8.64. The Balaban J connectivity index is 0.892. The first-order chi connectivity index (χ1) is 25.2. The molecule has 1 unspecified atom stereocenters. The zero-order chi connectivity index (χ0) is 36.2. The van der Waals surface area contributed by atoms with Crippen molar-refractivity contribution in [3.8, 4) is 5.75 Å². The lowest BCUT2D eigenvalue weighted by molar-refractivity contribution is -0.134. The van der Waals surface area contributed by atoms with Crippen LogP contribution in [0.15, 0.2) is 73.1 Å². The van der Waals surface area contributed by atoms with Crippen LogP contribution in [0.3, 0.4) is 0 Å². The number of imidazole rings is 1. The summed E-state index contributed by atoms with van der Waals surface area (Å²) in [6, 6.07) is 18.8.